The van der Waals surface area contributed by atoms with Crippen LogP contribution in [-0.4, -0.2) is 32.0 Å². The summed E-state index contributed by atoms with van der Waals surface area (Å²) in [5, 5.41) is 7.49. The van der Waals surface area contributed by atoms with Crippen LogP contribution in [0.3, 0.4) is 0 Å². The van der Waals surface area contributed by atoms with Gasteiger partial charge in [0.05, 0.1) is 34.0 Å². The molecule has 1 unspecified atom stereocenters. The molecule has 1 saturated heterocycles. The summed E-state index contributed by atoms with van der Waals surface area (Å²) in [5.74, 6) is -0.754. The average molecular weight is 470 g/mol. The number of aromatic nitrogens is 4. The van der Waals surface area contributed by atoms with E-state index in [0.29, 0.717) is 42.9 Å². The number of benzene rings is 1. The second-order valence-corrected chi connectivity index (χ2v) is 8.07. The molecule has 11 heteroatoms. The van der Waals surface area contributed by atoms with Gasteiger partial charge in [-0.3, -0.25) is 9.48 Å². The Morgan fingerprint density at radius 2 is 1.78 bits per heavy atom. The van der Waals surface area contributed by atoms with Gasteiger partial charge in [-0.2, -0.15) is 23.4 Å². The monoisotopic (exact) mass is 469 g/mol. The van der Waals surface area contributed by atoms with Crippen molar-refractivity contribution in [2.24, 2.45) is 0 Å². The fourth-order valence-corrected chi connectivity index (χ4v) is 4.21. The van der Waals surface area contributed by atoms with Gasteiger partial charge in [0, 0.05) is 6.54 Å². The molecule has 3 aromatic rings. The highest BCUT2D eigenvalue weighted by molar-refractivity contribution is 6.32. The highest BCUT2D eigenvalue weighted by Crippen LogP contribution is 2.38. The van der Waals surface area contributed by atoms with E-state index < -0.39 is 22.9 Å². The molecule has 3 heterocycles. The minimum Gasteiger partial charge on any atom is -0.307 e. The topological polar surface area (TPSA) is 56.0 Å². The highest BCUT2D eigenvalue weighted by atomic mass is 35.5. The number of carbonyl (C=O) groups is 1. The normalized spacial score (nSPS) is 17.7. The molecule has 1 amide bonds. The lowest BCUT2D eigenvalue weighted by atomic mass is 10.1. The summed E-state index contributed by atoms with van der Waals surface area (Å²) in [4.78, 5) is 15.0. The Balaban J connectivity index is 1.71. The van der Waals surface area contributed by atoms with Crippen LogP contribution >= 0.6 is 11.6 Å². The molecule has 0 radical (unpaired) electrons. The van der Waals surface area contributed by atoms with E-state index in [1.807, 2.05) is 0 Å². The number of nitrogens with zero attached hydrogens (tertiary/aromatic N) is 5. The Labute approximate surface area is 186 Å². The second kappa shape index (κ2) is 8.23. The lowest BCUT2D eigenvalue weighted by molar-refractivity contribution is -0.141. The third kappa shape index (κ3) is 3.87. The standard InChI is InChI=1S/C21H20ClF4N5O/c1-12-17(11-27-30(12)15-8-6-14(23)7-9-15)29-10-4-3-5-16(20(29)32)31-13(2)18(22)19(28-31)21(24,25)26/h6-9,11,16H,3-5,10H2,1-2H3. The summed E-state index contributed by atoms with van der Waals surface area (Å²) in [6.07, 6.45) is -1.53. The van der Waals surface area contributed by atoms with Crippen molar-refractivity contribution in [3.63, 3.8) is 0 Å². The van der Waals surface area contributed by atoms with E-state index in [-0.39, 0.29) is 17.4 Å². The maximum Gasteiger partial charge on any atom is 0.436 e. The molecule has 32 heavy (non-hydrogen) atoms. The van der Waals surface area contributed by atoms with Crippen molar-refractivity contribution in [2.45, 2.75) is 45.3 Å². The number of hydrogen-bond donors (Lipinski definition) is 0. The van der Waals surface area contributed by atoms with Crippen LogP contribution in [0.15, 0.2) is 30.5 Å². The molecule has 0 aliphatic carbocycles. The summed E-state index contributed by atoms with van der Waals surface area (Å²) in [6, 6.07) is 4.84. The lowest BCUT2D eigenvalue weighted by Crippen LogP contribution is -2.37. The van der Waals surface area contributed by atoms with Crippen molar-refractivity contribution in [1.82, 2.24) is 19.6 Å². The molecule has 0 bridgehead atoms. The Morgan fingerprint density at radius 1 is 1.09 bits per heavy atom. The SMILES string of the molecule is Cc1c(N2CCCCC(n3nc(C(F)(F)F)c(Cl)c3C)C2=O)cnn1-c1ccc(F)cc1. The van der Waals surface area contributed by atoms with E-state index in [1.165, 1.54) is 30.2 Å². The molecule has 1 aliphatic heterocycles. The first-order chi connectivity index (χ1) is 15.1. The van der Waals surface area contributed by atoms with Gasteiger partial charge in [-0.1, -0.05) is 11.6 Å². The molecule has 1 aliphatic rings. The fraction of sp³-hybridized carbons (Fsp3) is 0.381. The molecule has 170 valence electrons. The number of alkyl halides is 3. The zero-order chi connectivity index (χ0) is 23.2. The highest BCUT2D eigenvalue weighted by Gasteiger charge is 2.41. The summed E-state index contributed by atoms with van der Waals surface area (Å²) in [5.41, 5.74) is 0.715. The molecule has 0 spiro atoms. The minimum atomic E-state index is -4.71. The zero-order valence-electron chi connectivity index (χ0n) is 17.3. The summed E-state index contributed by atoms with van der Waals surface area (Å²) in [7, 11) is 0. The van der Waals surface area contributed by atoms with Crippen molar-refractivity contribution < 1.29 is 22.4 Å². The Hall–Kier alpha value is -2.88. The van der Waals surface area contributed by atoms with Crippen LogP contribution < -0.4 is 4.90 Å². The Morgan fingerprint density at radius 3 is 2.41 bits per heavy atom. The number of halogens is 5. The van der Waals surface area contributed by atoms with E-state index in [2.05, 4.69) is 10.2 Å². The van der Waals surface area contributed by atoms with Crippen molar-refractivity contribution in [1.29, 1.82) is 0 Å². The van der Waals surface area contributed by atoms with Crippen molar-refractivity contribution in [2.75, 3.05) is 11.4 Å². The average Bonchev–Trinajstić information content (AvgIpc) is 3.18. The van der Waals surface area contributed by atoms with Crippen molar-refractivity contribution in [3.05, 3.63) is 58.4 Å². The first-order valence-corrected chi connectivity index (χ1v) is 10.4. The minimum absolute atomic E-state index is 0.0953. The number of hydrogen-bond acceptors (Lipinski definition) is 3. The first-order valence-electron chi connectivity index (χ1n) is 10.0. The van der Waals surface area contributed by atoms with Gasteiger partial charge in [-0.05, 0) is 57.4 Å². The Kier molecular flexibility index (Phi) is 5.74. The van der Waals surface area contributed by atoms with Crippen LogP contribution in [0.5, 0.6) is 0 Å². The molecule has 2 aromatic heterocycles. The van der Waals surface area contributed by atoms with Gasteiger partial charge in [0.15, 0.2) is 5.69 Å². The van der Waals surface area contributed by atoms with Crippen molar-refractivity contribution >= 4 is 23.2 Å². The van der Waals surface area contributed by atoms with E-state index in [1.54, 1.807) is 23.7 Å². The molecule has 1 aromatic carbocycles. The number of anilines is 1. The predicted octanol–water partition coefficient (Wildman–Crippen LogP) is 5.26. The predicted molar refractivity (Wildman–Crippen MR) is 110 cm³/mol. The van der Waals surface area contributed by atoms with Crippen LogP contribution in [0, 0.1) is 19.7 Å². The molecule has 1 atom stereocenters. The number of carbonyl (C=O) groups excluding carboxylic acids is 1. The molecular formula is C21H20ClF4N5O. The van der Waals surface area contributed by atoms with E-state index >= 15 is 0 Å². The van der Waals surface area contributed by atoms with Gasteiger partial charge < -0.3 is 4.90 Å². The van der Waals surface area contributed by atoms with E-state index in [0.717, 1.165) is 4.68 Å². The summed E-state index contributed by atoms with van der Waals surface area (Å²) >= 11 is 5.90. The van der Waals surface area contributed by atoms with Crippen LogP contribution in [0.25, 0.3) is 5.69 Å². The summed E-state index contributed by atoms with van der Waals surface area (Å²) in [6.45, 7) is 3.59. The molecule has 1 fully saturated rings. The number of rotatable bonds is 3. The van der Waals surface area contributed by atoms with Crippen LogP contribution in [0.4, 0.5) is 23.2 Å². The van der Waals surface area contributed by atoms with Gasteiger partial charge in [-0.15, -0.1) is 0 Å². The first kappa shape index (κ1) is 22.3. The van der Waals surface area contributed by atoms with Crippen molar-refractivity contribution in [3.8, 4) is 5.69 Å². The largest absolute Gasteiger partial charge is 0.436 e. The third-order valence-corrected chi connectivity index (χ3v) is 6.10. The van der Waals surface area contributed by atoms with Gasteiger partial charge in [0.1, 0.15) is 11.9 Å². The van der Waals surface area contributed by atoms with Crippen LogP contribution in [-0.2, 0) is 11.0 Å². The van der Waals surface area contributed by atoms with E-state index in [4.69, 9.17) is 11.6 Å². The molecule has 0 N–H and O–H groups in total. The van der Waals surface area contributed by atoms with Gasteiger partial charge in [0.2, 0.25) is 0 Å². The number of amides is 1. The maximum atomic E-state index is 13.5. The van der Waals surface area contributed by atoms with Crippen LogP contribution in [0.2, 0.25) is 5.02 Å². The zero-order valence-corrected chi connectivity index (χ0v) is 18.1. The van der Waals surface area contributed by atoms with Gasteiger partial charge in [0.25, 0.3) is 5.91 Å². The molecular weight excluding hydrogens is 450 g/mol. The fourth-order valence-electron chi connectivity index (χ4n) is 3.98. The maximum absolute atomic E-state index is 13.5. The molecule has 4 rings (SSSR count). The third-order valence-electron chi connectivity index (χ3n) is 5.65. The molecule has 6 nitrogen and oxygen atoms in total. The van der Waals surface area contributed by atoms with Crippen LogP contribution in [0.1, 0.15) is 42.4 Å². The smallest absolute Gasteiger partial charge is 0.307 e. The van der Waals surface area contributed by atoms with Gasteiger partial charge in [-0.25, -0.2) is 9.07 Å². The van der Waals surface area contributed by atoms with Gasteiger partial charge >= 0.3 is 6.18 Å². The second-order valence-electron chi connectivity index (χ2n) is 7.70. The Bertz CT molecular complexity index is 1150. The lowest BCUT2D eigenvalue weighted by Gasteiger charge is -2.25. The molecule has 0 saturated carbocycles. The van der Waals surface area contributed by atoms with E-state index in [9.17, 15) is 22.4 Å². The summed E-state index contributed by atoms with van der Waals surface area (Å²) < 4.78 is 55.8. The quantitative estimate of drug-likeness (QED) is 0.492.